The summed E-state index contributed by atoms with van der Waals surface area (Å²) < 4.78 is 6.47. The van der Waals surface area contributed by atoms with Gasteiger partial charge in [0, 0.05) is 28.8 Å². The molecule has 0 atom stereocenters. The van der Waals surface area contributed by atoms with Gasteiger partial charge in [0.15, 0.2) is 6.61 Å². The van der Waals surface area contributed by atoms with E-state index in [4.69, 9.17) is 4.74 Å². The van der Waals surface area contributed by atoms with Crippen molar-refractivity contribution in [3.63, 3.8) is 0 Å². The van der Waals surface area contributed by atoms with Crippen LogP contribution in [-0.2, 0) is 9.59 Å². The van der Waals surface area contributed by atoms with Crippen LogP contribution in [0.3, 0.4) is 0 Å². The minimum absolute atomic E-state index is 0.113. The molecule has 0 spiro atoms. The zero-order chi connectivity index (χ0) is 17.7. The second-order valence-corrected chi connectivity index (χ2v) is 6.38. The highest BCUT2D eigenvalue weighted by molar-refractivity contribution is 9.10. The van der Waals surface area contributed by atoms with Crippen molar-refractivity contribution >= 4 is 39.1 Å². The summed E-state index contributed by atoms with van der Waals surface area (Å²) in [6.45, 7) is 5.19. The number of ether oxygens (including phenoxy) is 1. The third-order valence-electron chi connectivity index (χ3n) is 3.29. The largest absolute Gasteiger partial charge is 0.484 e. The molecule has 6 heteroatoms. The van der Waals surface area contributed by atoms with E-state index in [0.29, 0.717) is 11.4 Å². The van der Waals surface area contributed by atoms with Crippen LogP contribution in [0.2, 0.25) is 0 Å². The highest BCUT2D eigenvalue weighted by Gasteiger charge is 2.09. The van der Waals surface area contributed by atoms with Gasteiger partial charge in [0.05, 0.1) is 0 Å². The lowest BCUT2D eigenvalue weighted by atomic mass is 10.1. The third kappa shape index (κ3) is 5.09. The zero-order valence-electron chi connectivity index (χ0n) is 13.8. The minimum Gasteiger partial charge on any atom is -0.484 e. The van der Waals surface area contributed by atoms with E-state index >= 15 is 0 Å². The van der Waals surface area contributed by atoms with Crippen LogP contribution in [0.15, 0.2) is 40.9 Å². The molecular formula is C18H19BrN2O3. The van der Waals surface area contributed by atoms with E-state index in [1.165, 1.54) is 6.92 Å². The molecule has 0 radical (unpaired) electrons. The molecule has 0 heterocycles. The number of halogens is 1. The van der Waals surface area contributed by atoms with Gasteiger partial charge in [-0.05, 0) is 49.2 Å². The quantitative estimate of drug-likeness (QED) is 0.809. The van der Waals surface area contributed by atoms with E-state index in [-0.39, 0.29) is 18.4 Å². The number of hydrogen-bond acceptors (Lipinski definition) is 3. The molecule has 0 aromatic heterocycles. The monoisotopic (exact) mass is 390 g/mol. The van der Waals surface area contributed by atoms with Crippen LogP contribution in [0.25, 0.3) is 0 Å². The highest BCUT2D eigenvalue weighted by atomic mass is 79.9. The number of carbonyl (C=O) groups excluding carboxylic acids is 2. The Morgan fingerprint density at radius 2 is 1.75 bits per heavy atom. The number of hydrogen-bond donors (Lipinski definition) is 2. The molecule has 5 nitrogen and oxygen atoms in total. The molecule has 0 aliphatic heterocycles. The molecule has 0 bridgehead atoms. The SMILES string of the molecule is CC(=O)Nc1cccc(OCC(=O)Nc2c(C)cc(Br)cc2C)c1. The standard InChI is InChI=1S/C18H19BrN2O3/c1-11-7-14(19)8-12(2)18(11)21-17(23)10-24-16-6-4-5-15(9-16)20-13(3)22/h4-9H,10H2,1-3H3,(H,20,22)(H,21,23). The lowest BCUT2D eigenvalue weighted by Crippen LogP contribution is -2.21. The number of anilines is 2. The van der Waals surface area contributed by atoms with Crippen LogP contribution in [-0.4, -0.2) is 18.4 Å². The van der Waals surface area contributed by atoms with Gasteiger partial charge in [0.1, 0.15) is 5.75 Å². The molecule has 2 rings (SSSR count). The molecule has 2 aromatic carbocycles. The summed E-state index contributed by atoms with van der Waals surface area (Å²) in [6, 6.07) is 10.8. The van der Waals surface area contributed by atoms with Crippen molar-refractivity contribution in [2.75, 3.05) is 17.2 Å². The normalized spacial score (nSPS) is 10.2. The van der Waals surface area contributed by atoms with E-state index in [0.717, 1.165) is 21.3 Å². The molecule has 0 aliphatic carbocycles. The Labute approximate surface area is 149 Å². The first-order chi connectivity index (χ1) is 11.3. The lowest BCUT2D eigenvalue weighted by Gasteiger charge is -2.13. The zero-order valence-corrected chi connectivity index (χ0v) is 15.4. The molecule has 126 valence electrons. The Morgan fingerprint density at radius 1 is 1.08 bits per heavy atom. The second-order valence-electron chi connectivity index (χ2n) is 5.46. The average Bonchev–Trinajstić information content (AvgIpc) is 2.48. The molecular weight excluding hydrogens is 372 g/mol. The number of amides is 2. The van der Waals surface area contributed by atoms with Crippen molar-refractivity contribution in [3.8, 4) is 5.75 Å². The van der Waals surface area contributed by atoms with Gasteiger partial charge < -0.3 is 15.4 Å². The Hall–Kier alpha value is -2.34. The Kier molecular flexibility index (Phi) is 5.98. The maximum atomic E-state index is 12.1. The number of benzene rings is 2. The molecule has 2 aromatic rings. The van der Waals surface area contributed by atoms with Crippen molar-refractivity contribution in [2.24, 2.45) is 0 Å². The summed E-state index contributed by atoms with van der Waals surface area (Å²) in [6.07, 6.45) is 0. The van der Waals surface area contributed by atoms with Crippen LogP contribution in [0.5, 0.6) is 5.75 Å². The second kappa shape index (κ2) is 7.97. The number of nitrogens with one attached hydrogen (secondary N) is 2. The summed E-state index contributed by atoms with van der Waals surface area (Å²) >= 11 is 3.43. The summed E-state index contributed by atoms with van der Waals surface area (Å²) in [7, 11) is 0. The molecule has 0 saturated heterocycles. The molecule has 0 unspecified atom stereocenters. The number of carbonyl (C=O) groups is 2. The summed E-state index contributed by atoms with van der Waals surface area (Å²) in [4.78, 5) is 23.2. The Balaban J connectivity index is 1.98. The fraction of sp³-hybridized carbons (Fsp3) is 0.222. The van der Waals surface area contributed by atoms with Gasteiger partial charge in [-0.15, -0.1) is 0 Å². The summed E-state index contributed by atoms with van der Waals surface area (Å²) in [5, 5.41) is 5.54. The Morgan fingerprint density at radius 3 is 2.38 bits per heavy atom. The van der Waals surface area contributed by atoms with Crippen LogP contribution < -0.4 is 15.4 Å². The molecule has 2 N–H and O–H groups in total. The first kappa shape index (κ1) is 18.0. The minimum atomic E-state index is -0.242. The van der Waals surface area contributed by atoms with E-state index in [1.807, 2.05) is 26.0 Å². The predicted molar refractivity (Wildman–Crippen MR) is 98.5 cm³/mol. The van der Waals surface area contributed by atoms with Gasteiger partial charge in [0.2, 0.25) is 5.91 Å². The molecule has 2 amide bonds. The van der Waals surface area contributed by atoms with E-state index in [1.54, 1.807) is 24.3 Å². The maximum Gasteiger partial charge on any atom is 0.262 e. The van der Waals surface area contributed by atoms with Gasteiger partial charge in [-0.25, -0.2) is 0 Å². The summed E-state index contributed by atoms with van der Waals surface area (Å²) in [5.74, 6) is 0.111. The van der Waals surface area contributed by atoms with Gasteiger partial charge in [-0.3, -0.25) is 9.59 Å². The van der Waals surface area contributed by atoms with Gasteiger partial charge >= 0.3 is 0 Å². The van der Waals surface area contributed by atoms with Crippen LogP contribution in [0, 0.1) is 13.8 Å². The third-order valence-corrected chi connectivity index (χ3v) is 3.74. The number of aryl methyl sites for hydroxylation is 2. The molecule has 0 fully saturated rings. The van der Waals surface area contributed by atoms with Gasteiger partial charge in [-0.2, -0.15) is 0 Å². The van der Waals surface area contributed by atoms with Crippen molar-refractivity contribution in [2.45, 2.75) is 20.8 Å². The van der Waals surface area contributed by atoms with Gasteiger partial charge in [0.25, 0.3) is 5.91 Å². The van der Waals surface area contributed by atoms with Crippen LogP contribution >= 0.6 is 15.9 Å². The maximum absolute atomic E-state index is 12.1. The molecule has 24 heavy (non-hydrogen) atoms. The van der Waals surface area contributed by atoms with Crippen molar-refractivity contribution in [1.29, 1.82) is 0 Å². The topological polar surface area (TPSA) is 67.4 Å². The fourth-order valence-electron chi connectivity index (χ4n) is 2.30. The average molecular weight is 391 g/mol. The molecule has 0 aliphatic rings. The lowest BCUT2D eigenvalue weighted by molar-refractivity contribution is -0.118. The molecule has 0 saturated carbocycles. The highest BCUT2D eigenvalue weighted by Crippen LogP contribution is 2.25. The fourth-order valence-corrected chi connectivity index (χ4v) is 2.99. The van der Waals surface area contributed by atoms with E-state index in [2.05, 4.69) is 26.6 Å². The van der Waals surface area contributed by atoms with E-state index < -0.39 is 0 Å². The summed E-state index contributed by atoms with van der Waals surface area (Å²) in [5.41, 5.74) is 3.37. The Bertz CT molecular complexity index is 752. The first-order valence-corrected chi connectivity index (χ1v) is 8.21. The smallest absolute Gasteiger partial charge is 0.262 e. The predicted octanol–water partition coefficient (Wildman–Crippen LogP) is 4.04. The first-order valence-electron chi connectivity index (χ1n) is 7.42. The van der Waals surface area contributed by atoms with Crippen LogP contribution in [0.4, 0.5) is 11.4 Å². The van der Waals surface area contributed by atoms with Crippen molar-refractivity contribution < 1.29 is 14.3 Å². The van der Waals surface area contributed by atoms with Crippen molar-refractivity contribution in [3.05, 3.63) is 52.0 Å². The number of rotatable bonds is 5. The van der Waals surface area contributed by atoms with Crippen LogP contribution in [0.1, 0.15) is 18.1 Å². The van der Waals surface area contributed by atoms with Gasteiger partial charge in [-0.1, -0.05) is 22.0 Å². The van der Waals surface area contributed by atoms with Crippen molar-refractivity contribution in [1.82, 2.24) is 0 Å². The van der Waals surface area contributed by atoms with E-state index in [9.17, 15) is 9.59 Å².